The molecule has 5 heteroatoms. The second-order valence-electron chi connectivity index (χ2n) is 3.63. The number of benzene rings is 1. The van der Waals surface area contributed by atoms with Gasteiger partial charge in [-0.25, -0.2) is 0 Å². The Balaban J connectivity index is 2.74. The third-order valence-electron chi connectivity index (χ3n) is 2.72. The minimum absolute atomic E-state index is 0.362. The zero-order valence-electron chi connectivity index (χ0n) is 8.51. The number of aliphatic hydroxyl groups is 1. The molecule has 0 saturated heterocycles. The predicted molar refractivity (Wildman–Crippen MR) is 56.4 cm³/mol. The molecule has 0 spiro atoms. The van der Waals surface area contributed by atoms with Crippen molar-refractivity contribution in [1.29, 1.82) is 0 Å². The molecule has 0 aliphatic heterocycles. The highest BCUT2D eigenvalue weighted by atomic mass is 16.6. The van der Waals surface area contributed by atoms with Gasteiger partial charge in [-0.05, 0) is 5.56 Å². The van der Waals surface area contributed by atoms with Crippen molar-refractivity contribution in [3.05, 3.63) is 51.2 Å². The molecule has 16 heavy (non-hydrogen) atoms. The van der Waals surface area contributed by atoms with Crippen LogP contribution in [0, 0.1) is 10.1 Å². The van der Waals surface area contributed by atoms with Crippen molar-refractivity contribution in [2.24, 2.45) is 0 Å². The lowest BCUT2D eigenvalue weighted by Gasteiger charge is -2.18. The van der Waals surface area contributed by atoms with E-state index in [0.717, 1.165) is 0 Å². The fraction of sp³-hybridized carbons (Fsp3) is 0.182. The van der Waals surface area contributed by atoms with Crippen LogP contribution in [0.25, 0.3) is 5.76 Å². The highest BCUT2D eigenvalue weighted by molar-refractivity contribution is 6.06. The maximum Gasteiger partial charge on any atom is 0.354 e. The molecular weight excluding hydrogens is 210 g/mol. The summed E-state index contributed by atoms with van der Waals surface area (Å²) in [5, 5.41) is 20.4. The molecule has 5 nitrogen and oxygen atoms in total. The van der Waals surface area contributed by atoms with Gasteiger partial charge in [0.1, 0.15) is 0 Å². The van der Waals surface area contributed by atoms with Crippen molar-refractivity contribution >= 4 is 11.5 Å². The van der Waals surface area contributed by atoms with Crippen molar-refractivity contribution < 1.29 is 14.8 Å². The van der Waals surface area contributed by atoms with E-state index in [1.54, 1.807) is 31.2 Å². The van der Waals surface area contributed by atoms with Crippen LogP contribution in [0.2, 0.25) is 0 Å². The summed E-state index contributed by atoms with van der Waals surface area (Å²) in [4.78, 5) is 21.5. The first-order chi connectivity index (χ1) is 7.54. The van der Waals surface area contributed by atoms with Gasteiger partial charge in [0.05, 0.1) is 10.8 Å². The number of Topliss-reactive ketones (excluding diaryl/α,β-unsaturated/α-hetero) is 1. The Morgan fingerprint density at radius 3 is 2.62 bits per heavy atom. The van der Waals surface area contributed by atoms with Gasteiger partial charge in [-0.1, -0.05) is 31.2 Å². The molecule has 1 aliphatic carbocycles. The Bertz CT molecular complexity index is 518. The molecule has 1 aromatic carbocycles. The van der Waals surface area contributed by atoms with E-state index < -0.39 is 28.1 Å². The van der Waals surface area contributed by atoms with Crippen molar-refractivity contribution in [2.75, 3.05) is 0 Å². The van der Waals surface area contributed by atoms with E-state index in [9.17, 15) is 20.0 Å². The summed E-state index contributed by atoms with van der Waals surface area (Å²) in [6.45, 7) is 1.59. The van der Waals surface area contributed by atoms with Crippen LogP contribution in [-0.2, 0) is 4.79 Å². The van der Waals surface area contributed by atoms with Gasteiger partial charge in [0, 0.05) is 5.56 Å². The summed E-state index contributed by atoms with van der Waals surface area (Å²) in [6, 6.07) is 6.64. The molecule has 2 rings (SSSR count). The van der Waals surface area contributed by atoms with E-state index in [1.165, 1.54) is 0 Å². The highest BCUT2D eigenvalue weighted by Gasteiger charge is 2.39. The molecular formula is C11H9NO4. The van der Waals surface area contributed by atoms with Gasteiger partial charge < -0.3 is 5.11 Å². The third kappa shape index (κ3) is 1.29. The number of aliphatic hydroxyl groups excluding tert-OH is 1. The number of carbonyl (C=O) groups is 1. The van der Waals surface area contributed by atoms with Crippen LogP contribution < -0.4 is 0 Å². The Morgan fingerprint density at radius 1 is 1.38 bits per heavy atom. The molecule has 0 bridgehead atoms. The fourth-order valence-corrected chi connectivity index (χ4v) is 1.86. The second-order valence-corrected chi connectivity index (χ2v) is 3.63. The molecule has 1 N–H and O–H groups in total. The topological polar surface area (TPSA) is 80.4 Å². The molecule has 0 heterocycles. The molecule has 0 aromatic heterocycles. The molecule has 82 valence electrons. The second kappa shape index (κ2) is 3.44. The summed E-state index contributed by atoms with van der Waals surface area (Å²) in [5.74, 6) is -1.78. The zero-order chi connectivity index (χ0) is 11.9. The van der Waals surface area contributed by atoms with Crippen LogP contribution in [0.4, 0.5) is 0 Å². The summed E-state index contributed by atoms with van der Waals surface area (Å²) in [7, 11) is 0. The van der Waals surface area contributed by atoms with Crippen molar-refractivity contribution in [3.63, 3.8) is 0 Å². The standard InChI is InChI=1S/C11H9NO4/c1-6-7-4-2-3-5-8(7)11(14)9(10(6)13)12(15)16/h2-6,14H,1H3. The predicted octanol–water partition coefficient (Wildman–Crippen LogP) is 1.88. The van der Waals surface area contributed by atoms with Gasteiger partial charge in [0.25, 0.3) is 0 Å². The number of nitro groups is 1. The van der Waals surface area contributed by atoms with Crippen LogP contribution in [0.5, 0.6) is 0 Å². The number of allylic oxidation sites excluding steroid dienone is 1. The fourth-order valence-electron chi connectivity index (χ4n) is 1.86. The summed E-state index contributed by atoms with van der Waals surface area (Å²) < 4.78 is 0. The lowest BCUT2D eigenvalue weighted by molar-refractivity contribution is -0.419. The van der Waals surface area contributed by atoms with Gasteiger partial charge in [0.15, 0.2) is 0 Å². The monoisotopic (exact) mass is 219 g/mol. The number of nitrogens with zero attached hydrogens (tertiary/aromatic N) is 1. The molecule has 1 aromatic rings. The lowest BCUT2D eigenvalue weighted by atomic mass is 9.85. The van der Waals surface area contributed by atoms with E-state index in [1.807, 2.05) is 0 Å². The minimum atomic E-state index is -0.829. The van der Waals surface area contributed by atoms with Crippen molar-refractivity contribution in [1.82, 2.24) is 0 Å². The Kier molecular flexibility index (Phi) is 2.23. The number of rotatable bonds is 1. The third-order valence-corrected chi connectivity index (χ3v) is 2.72. The maximum absolute atomic E-state index is 11.7. The zero-order valence-corrected chi connectivity index (χ0v) is 8.51. The van der Waals surface area contributed by atoms with Crippen LogP contribution >= 0.6 is 0 Å². The van der Waals surface area contributed by atoms with Crippen LogP contribution in [0.15, 0.2) is 30.0 Å². The molecule has 0 amide bonds. The average Bonchev–Trinajstić information content (AvgIpc) is 2.26. The first-order valence-corrected chi connectivity index (χ1v) is 4.75. The average molecular weight is 219 g/mol. The van der Waals surface area contributed by atoms with Gasteiger partial charge in [-0.2, -0.15) is 0 Å². The van der Waals surface area contributed by atoms with E-state index in [4.69, 9.17) is 0 Å². The van der Waals surface area contributed by atoms with E-state index in [2.05, 4.69) is 0 Å². The van der Waals surface area contributed by atoms with E-state index >= 15 is 0 Å². The minimum Gasteiger partial charge on any atom is -0.502 e. The highest BCUT2D eigenvalue weighted by Crippen LogP contribution is 2.34. The van der Waals surface area contributed by atoms with Crippen molar-refractivity contribution in [3.8, 4) is 0 Å². The first kappa shape index (κ1) is 10.4. The maximum atomic E-state index is 11.7. The SMILES string of the molecule is CC1C(=O)C([N+](=O)[O-])=C(O)c2ccccc21. The molecule has 1 aliphatic rings. The van der Waals surface area contributed by atoms with E-state index in [0.29, 0.717) is 11.1 Å². The number of ketones is 1. The number of fused-ring (bicyclic) bond motifs is 1. The smallest absolute Gasteiger partial charge is 0.354 e. The Hall–Kier alpha value is -2.17. The van der Waals surface area contributed by atoms with Crippen LogP contribution in [0.3, 0.4) is 0 Å². The largest absolute Gasteiger partial charge is 0.502 e. The van der Waals surface area contributed by atoms with Gasteiger partial charge in [-0.15, -0.1) is 0 Å². The number of hydrogen-bond donors (Lipinski definition) is 1. The number of carbonyl (C=O) groups excluding carboxylic acids is 1. The lowest BCUT2D eigenvalue weighted by Crippen LogP contribution is -2.24. The Labute approximate surface area is 91.2 Å². The normalized spacial score (nSPS) is 19.6. The van der Waals surface area contributed by atoms with Crippen LogP contribution in [-0.4, -0.2) is 15.8 Å². The Morgan fingerprint density at radius 2 is 2.00 bits per heavy atom. The summed E-state index contributed by atoms with van der Waals surface area (Å²) in [5.41, 5.74) is 0.267. The van der Waals surface area contributed by atoms with E-state index in [-0.39, 0.29) is 0 Å². The molecule has 0 saturated carbocycles. The van der Waals surface area contributed by atoms with Gasteiger partial charge >= 0.3 is 5.70 Å². The summed E-state index contributed by atoms with van der Waals surface area (Å²) >= 11 is 0. The summed E-state index contributed by atoms with van der Waals surface area (Å²) in [6.07, 6.45) is 0. The van der Waals surface area contributed by atoms with Crippen molar-refractivity contribution in [2.45, 2.75) is 12.8 Å². The molecule has 1 atom stereocenters. The molecule has 0 fully saturated rings. The van der Waals surface area contributed by atoms with Gasteiger partial charge in [0.2, 0.25) is 11.5 Å². The first-order valence-electron chi connectivity index (χ1n) is 4.75. The molecule has 0 radical (unpaired) electrons. The number of hydrogen-bond acceptors (Lipinski definition) is 4. The van der Waals surface area contributed by atoms with Crippen LogP contribution in [0.1, 0.15) is 24.0 Å². The molecule has 1 unspecified atom stereocenters. The quantitative estimate of drug-likeness (QED) is 0.577. The van der Waals surface area contributed by atoms with Gasteiger partial charge in [-0.3, -0.25) is 14.9 Å².